The number of fused-ring (bicyclic) bond motifs is 1. The third kappa shape index (κ3) is 4.31. The van der Waals surface area contributed by atoms with Gasteiger partial charge in [0, 0.05) is 17.3 Å². The molecule has 2 aliphatic rings. The molecule has 35 heavy (non-hydrogen) atoms. The number of imide groups is 2. The van der Waals surface area contributed by atoms with E-state index in [0.717, 1.165) is 22.4 Å². The van der Waals surface area contributed by atoms with Crippen LogP contribution in [0.3, 0.4) is 0 Å². The van der Waals surface area contributed by atoms with Crippen molar-refractivity contribution in [2.24, 2.45) is 0 Å². The van der Waals surface area contributed by atoms with Crippen LogP contribution in [0, 0.1) is 6.92 Å². The maximum absolute atomic E-state index is 13.3. The fourth-order valence-corrected chi connectivity index (χ4v) is 5.53. The first-order chi connectivity index (χ1) is 16.4. The number of benzene rings is 2. The van der Waals surface area contributed by atoms with E-state index in [-0.39, 0.29) is 11.1 Å². The van der Waals surface area contributed by atoms with Crippen LogP contribution in [0.25, 0.3) is 6.08 Å². The zero-order chi connectivity index (χ0) is 25.7. The molecule has 1 saturated heterocycles. The van der Waals surface area contributed by atoms with Crippen LogP contribution >= 0.6 is 0 Å². The van der Waals surface area contributed by atoms with Crippen molar-refractivity contribution in [3.8, 4) is 5.75 Å². The van der Waals surface area contributed by atoms with Crippen molar-refractivity contribution >= 4 is 35.3 Å². The molecule has 4 amide bonds. The molecule has 0 spiro atoms. The lowest BCUT2D eigenvalue weighted by Crippen LogP contribution is -2.54. The number of carbonyl (C=O) groups excluding carboxylic acids is 3. The van der Waals surface area contributed by atoms with Gasteiger partial charge in [-0.15, -0.1) is 0 Å². The van der Waals surface area contributed by atoms with Gasteiger partial charge < -0.3 is 9.64 Å². The number of barbiturate groups is 1. The minimum Gasteiger partial charge on any atom is -0.497 e. The zero-order valence-electron chi connectivity index (χ0n) is 21.4. The fraction of sp³-hybridized carbons (Fsp3) is 0.393. The third-order valence-electron chi connectivity index (χ3n) is 6.91. The summed E-state index contributed by atoms with van der Waals surface area (Å²) in [6.07, 6.45) is 2.60. The van der Waals surface area contributed by atoms with Gasteiger partial charge in [0.05, 0.1) is 12.8 Å². The molecule has 184 valence electrons. The lowest BCUT2D eigenvalue weighted by molar-refractivity contribution is -0.122. The van der Waals surface area contributed by atoms with E-state index in [1.165, 1.54) is 18.4 Å². The Morgan fingerprint density at radius 1 is 1.11 bits per heavy atom. The third-order valence-corrected chi connectivity index (χ3v) is 6.91. The number of aryl methyl sites for hydroxylation is 1. The van der Waals surface area contributed by atoms with E-state index in [9.17, 15) is 14.4 Å². The molecule has 2 aliphatic heterocycles. The summed E-state index contributed by atoms with van der Waals surface area (Å²) < 4.78 is 5.16. The van der Waals surface area contributed by atoms with Gasteiger partial charge in [0.1, 0.15) is 11.3 Å². The number of amides is 4. The minimum absolute atomic E-state index is 0.0193. The molecule has 0 aromatic heterocycles. The van der Waals surface area contributed by atoms with E-state index in [1.807, 2.05) is 6.92 Å². The number of hydrogen-bond acceptors (Lipinski definition) is 5. The number of urea groups is 1. The molecular weight excluding hydrogens is 442 g/mol. The molecule has 7 nitrogen and oxygen atoms in total. The quantitative estimate of drug-likeness (QED) is 0.488. The number of nitrogens with one attached hydrogen (secondary N) is 1. The number of rotatable bonds is 4. The molecule has 2 aromatic rings. The summed E-state index contributed by atoms with van der Waals surface area (Å²) in [4.78, 5) is 42.0. The van der Waals surface area contributed by atoms with Gasteiger partial charge in [-0.25, -0.2) is 9.69 Å². The van der Waals surface area contributed by atoms with Crippen molar-refractivity contribution in [1.29, 1.82) is 0 Å². The molecular formula is C28H33N3O4. The predicted molar refractivity (Wildman–Crippen MR) is 138 cm³/mol. The molecule has 2 aromatic carbocycles. The molecule has 0 unspecified atom stereocenters. The summed E-state index contributed by atoms with van der Waals surface area (Å²) in [5.74, 6) is -0.428. The first-order valence-electron chi connectivity index (χ1n) is 11.9. The van der Waals surface area contributed by atoms with Gasteiger partial charge in [0.15, 0.2) is 0 Å². The fourth-order valence-electron chi connectivity index (χ4n) is 5.53. The van der Waals surface area contributed by atoms with Crippen LogP contribution in [0.15, 0.2) is 42.0 Å². The van der Waals surface area contributed by atoms with E-state index in [4.69, 9.17) is 4.74 Å². The highest BCUT2D eigenvalue weighted by atomic mass is 16.5. The lowest BCUT2D eigenvalue weighted by Gasteiger charge is -2.50. The Morgan fingerprint density at radius 2 is 1.77 bits per heavy atom. The van der Waals surface area contributed by atoms with E-state index in [0.29, 0.717) is 23.4 Å². The van der Waals surface area contributed by atoms with Crippen molar-refractivity contribution in [2.45, 2.75) is 65.5 Å². The summed E-state index contributed by atoms with van der Waals surface area (Å²) in [5.41, 5.74) is 4.44. The maximum Gasteiger partial charge on any atom is 0.335 e. The highest BCUT2D eigenvalue weighted by molar-refractivity contribution is 6.39. The lowest BCUT2D eigenvalue weighted by atomic mass is 9.78. The summed E-state index contributed by atoms with van der Waals surface area (Å²) in [5, 5.41) is 2.30. The molecule has 0 bridgehead atoms. The van der Waals surface area contributed by atoms with Crippen LogP contribution in [0.5, 0.6) is 5.75 Å². The molecule has 2 heterocycles. The van der Waals surface area contributed by atoms with Gasteiger partial charge in [-0.2, -0.15) is 0 Å². The van der Waals surface area contributed by atoms with Crippen LogP contribution in [-0.2, 0) is 9.59 Å². The predicted octanol–water partition coefficient (Wildman–Crippen LogP) is 5.17. The number of ether oxygens (including phenoxy) is 1. The highest BCUT2D eigenvalue weighted by Crippen LogP contribution is 2.45. The Hall–Kier alpha value is -3.61. The average molecular weight is 476 g/mol. The molecule has 0 radical (unpaired) electrons. The monoisotopic (exact) mass is 475 g/mol. The van der Waals surface area contributed by atoms with Crippen molar-refractivity contribution in [3.63, 3.8) is 0 Å². The molecule has 1 N–H and O–H groups in total. The minimum atomic E-state index is -0.770. The number of nitrogens with zero attached hydrogens (tertiary/aromatic N) is 2. The van der Waals surface area contributed by atoms with Gasteiger partial charge in [0.25, 0.3) is 11.8 Å². The Labute approximate surface area is 206 Å². The molecule has 7 heteroatoms. The van der Waals surface area contributed by atoms with Gasteiger partial charge in [-0.3, -0.25) is 14.9 Å². The van der Waals surface area contributed by atoms with Gasteiger partial charge in [0.2, 0.25) is 0 Å². The number of methoxy groups -OCH3 is 1. The second-order valence-corrected chi connectivity index (χ2v) is 10.3. The molecule has 0 aliphatic carbocycles. The van der Waals surface area contributed by atoms with Crippen molar-refractivity contribution < 1.29 is 19.1 Å². The SMILES string of the molecule is COc1ccc(N2C(=O)NC(=O)/C(=C\c3cc4c(cc3C)N(C(C)C)C(C)(C)C[C@@H]4C)C2=O)cc1. The number of anilines is 2. The summed E-state index contributed by atoms with van der Waals surface area (Å²) in [7, 11) is 1.54. The van der Waals surface area contributed by atoms with Crippen molar-refractivity contribution in [3.05, 3.63) is 58.7 Å². The van der Waals surface area contributed by atoms with Crippen LogP contribution in [-0.4, -0.2) is 36.5 Å². The normalized spacial score (nSPS) is 20.9. The van der Waals surface area contributed by atoms with Crippen molar-refractivity contribution in [2.75, 3.05) is 16.9 Å². The molecule has 1 atom stereocenters. The standard InChI is InChI=1S/C28H33N3O4/c1-16(2)31-24-12-17(3)19(13-22(24)18(4)15-28(31,5)6)14-23-25(32)29-27(34)30(26(23)33)20-8-10-21(35-7)11-9-20/h8-14,16,18H,15H2,1-7H3,(H,29,32,34)/b23-14+/t18-/m0/s1. The summed E-state index contributed by atoms with van der Waals surface area (Å²) in [6, 6.07) is 10.3. The number of hydrogen-bond donors (Lipinski definition) is 1. The van der Waals surface area contributed by atoms with E-state index in [1.54, 1.807) is 30.3 Å². The van der Waals surface area contributed by atoms with E-state index >= 15 is 0 Å². The Morgan fingerprint density at radius 3 is 2.37 bits per heavy atom. The summed E-state index contributed by atoms with van der Waals surface area (Å²) >= 11 is 0. The average Bonchev–Trinajstić information content (AvgIpc) is 2.76. The van der Waals surface area contributed by atoms with Gasteiger partial charge in [-0.05, 0) is 106 Å². The number of carbonyl (C=O) groups is 3. The second kappa shape index (κ2) is 8.87. The highest BCUT2D eigenvalue weighted by Gasteiger charge is 2.39. The zero-order valence-corrected chi connectivity index (χ0v) is 21.4. The Bertz CT molecular complexity index is 1230. The van der Waals surface area contributed by atoms with E-state index < -0.39 is 17.8 Å². The van der Waals surface area contributed by atoms with Crippen LogP contribution in [0.4, 0.5) is 16.2 Å². The first kappa shape index (κ1) is 24.5. The molecule has 1 fully saturated rings. The Kier molecular flexibility index (Phi) is 6.21. The smallest absolute Gasteiger partial charge is 0.335 e. The van der Waals surface area contributed by atoms with Crippen LogP contribution in [0.1, 0.15) is 63.6 Å². The van der Waals surface area contributed by atoms with Crippen LogP contribution < -0.4 is 19.9 Å². The summed E-state index contributed by atoms with van der Waals surface area (Å²) in [6.45, 7) is 13.1. The van der Waals surface area contributed by atoms with Crippen LogP contribution in [0.2, 0.25) is 0 Å². The van der Waals surface area contributed by atoms with Gasteiger partial charge in [-0.1, -0.05) is 6.92 Å². The second-order valence-electron chi connectivity index (χ2n) is 10.3. The molecule has 4 rings (SSSR count). The van der Waals surface area contributed by atoms with E-state index in [2.05, 4.69) is 57.0 Å². The maximum atomic E-state index is 13.3. The topological polar surface area (TPSA) is 79.0 Å². The van der Waals surface area contributed by atoms with Gasteiger partial charge >= 0.3 is 6.03 Å². The first-order valence-corrected chi connectivity index (χ1v) is 11.9. The Balaban J connectivity index is 1.77. The van der Waals surface area contributed by atoms with Crippen molar-refractivity contribution in [1.82, 2.24) is 5.32 Å². The largest absolute Gasteiger partial charge is 0.497 e. The molecule has 0 saturated carbocycles.